The zero-order valence-corrected chi connectivity index (χ0v) is 17.7. The molecule has 2 aromatic carbocycles. The van der Waals surface area contributed by atoms with E-state index >= 15 is 0 Å². The van der Waals surface area contributed by atoms with E-state index in [0.717, 1.165) is 36.0 Å². The van der Waals surface area contributed by atoms with Crippen LogP contribution in [0.4, 0.5) is 0 Å². The number of unbranched alkanes of at least 4 members (excludes halogenated alkanes) is 2. The molecule has 0 saturated heterocycles. The number of hydrogen-bond acceptors (Lipinski definition) is 3. The maximum absolute atomic E-state index is 13.5. The van der Waals surface area contributed by atoms with Gasteiger partial charge in [0.25, 0.3) is 5.91 Å². The lowest BCUT2D eigenvalue weighted by Gasteiger charge is -2.25. The topological polar surface area (TPSA) is 50.5 Å². The molecule has 1 aromatic heterocycles. The second-order valence-electron chi connectivity index (χ2n) is 7.79. The highest BCUT2D eigenvalue weighted by Gasteiger charge is 2.42. The first-order valence-electron chi connectivity index (χ1n) is 10.1. The zero-order valence-electron chi connectivity index (χ0n) is 16.9. The van der Waals surface area contributed by atoms with Gasteiger partial charge < -0.3 is 9.32 Å². The minimum atomic E-state index is -0.451. The van der Waals surface area contributed by atoms with Crippen molar-refractivity contribution in [3.63, 3.8) is 0 Å². The molecule has 4 rings (SSSR count). The van der Waals surface area contributed by atoms with Crippen molar-refractivity contribution in [3.8, 4) is 0 Å². The second-order valence-corrected chi connectivity index (χ2v) is 8.23. The Balaban J connectivity index is 1.95. The predicted molar refractivity (Wildman–Crippen MR) is 116 cm³/mol. The number of amides is 1. The van der Waals surface area contributed by atoms with Crippen LogP contribution in [0.15, 0.2) is 45.6 Å². The number of rotatable bonds is 5. The molecule has 0 fully saturated rings. The first kappa shape index (κ1) is 19.7. The van der Waals surface area contributed by atoms with Crippen LogP contribution in [0.25, 0.3) is 11.0 Å². The summed E-state index contributed by atoms with van der Waals surface area (Å²) >= 11 is 6.07. The highest BCUT2D eigenvalue weighted by molar-refractivity contribution is 6.30. The maximum atomic E-state index is 13.5. The molecule has 4 nitrogen and oxygen atoms in total. The smallest absolute Gasteiger partial charge is 0.290 e. The van der Waals surface area contributed by atoms with Gasteiger partial charge in [0, 0.05) is 11.6 Å². The van der Waals surface area contributed by atoms with Crippen molar-refractivity contribution in [1.29, 1.82) is 0 Å². The molecule has 3 aromatic rings. The molecule has 1 unspecified atom stereocenters. The third kappa shape index (κ3) is 3.36. The van der Waals surface area contributed by atoms with Crippen molar-refractivity contribution < 1.29 is 9.21 Å². The Morgan fingerprint density at radius 1 is 1.07 bits per heavy atom. The van der Waals surface area contributed by atoms with Gasteiger partial charge in [0.2, 0.25) is 5.76 Å². The molecule has 0 N–H and O–H groups in total. The molecule has 29 heavy (non-hydrogen) atoms. The van der Waals surface area contributed by atoms with Gasteiger partial charge in [-0.25, -0.2) is 0 Å². The Hall–Kier alpha value is -2.59. The summed E-state index contributed by atoms with van der Waals surface area (Å²) < 4.78 is 6.08. The minimum Gasteiger partial charge on any atom is -0.450 e. The summed E-state index contributed by atoms with van der Waals surface area (Å²) in [7, 11) is 0. The predicted octanol–water partition coefficient (Wildman–Crippen LogP) is 5.80. The first-order valence-corrected chi connectivity index (χ1v) is 10.4. The summed E-state index contributed by atoms with van der Waals surface area (Å²) in [6.45, 7) is 6.57. The number of aryl methyl sites for hydroxylation is 2. The third-order valence-electron chi connectivity index (χ3n) is 5.59. The van der Waals surface area contributed by atoms with Crippen LogP contribution in [0, 0.1) is 13.8 Å². The fourth-order valence-corrected chi connectivity index (χ4v) is 4.35. The Bertz CT molecular complexity index is 1150. The molecule has 2 heterocycles. The van der Waals surface area contributed by atoms with Crippen LogP contribution in [0.3, 0.4) is 0 Å². The van der Waals surface area contributed by atoms with Crippen molar-refractivity contribution in [2.45, 2.75) is 46.1 Å². The van der Waals surface area contributed by atoms with Crippen molar-refractivity contribution in [1.82, 2.24) is 4.90 Å². The molecule has 1 aliphatic rings. The maximum Gasteiger partial charge on any atom is 0.290 e. The van der Waals surface area contributed by atoms with Crippen LogP contribution < -0.4 is 5.43 Å². The van der Waals surface area contributed by atoms with Gasteiger partial charge in [0.15, 0.2) is 5.43 Å². The number of benzene rings is 2. The summed E-state index contributed by atoms with van der Waals surface area (Å²) in [5, 5.41) is 1.15. The van der Waals surface area contributed by atoms with Crippen molar-refractivity contribution in [2.75, 3.05) is 6.54 Å². The van der Waals surface area contributed by atoms with Crippen LogP contribution in [0.1, 0.15) is 65.0 Å². The van der Waals surface area contributed by atoms with Crippen LogP contribution in [0.2, 0.25) is 5.02 Å². The van der Waals surface area contributed by atoms with Gasteiger partial charge in [-0.2, -0.15) is 0 Å². The van der Waals surface area contributed by atoms with Crippen molar-refractivity contribution in [2.24, 2.45) is 0 Å². The highest BCUT2D eigenvalue weighted by Crippen LogP contribution is 2.39. The van der Waals surface area contributed by atoms with Gasteiger partial charge in [-0.3, -0.25) is 9.59 Å². The van der Waals surface area contributed by atoms with E-state index < -0.39 is 6.04 Å². The summed E-state index contributed by atoms with van der Waals surface area (Å²) in [5.74, 6) is -0.0408. The summed E-state index contributed by atoms with van der Waals surface area (Å²) in [4.78, 5) is 28.6. The quantitative estimate of drug-likeness (QED) is 0.500. The van der Waals surface area contributed by atoms with E-state index in [1.807, 2.05) is 38.1 Å². The molecular weight excluding hydrogens is 386 g/mol. The van der Waals surface area contributed by atoms with E-state index in [1.54, 1.807) is 17.0 Å². The fraction of sp³-hybridized carbons (Fsp3) is 0.333. The van der Waals surface area contributed by atoms with Crippen LogP contribution in [-0.2, 0) is 0 Å². The van der Waals surface area contributed by atoms with E-state index in [2.05, 4.69) is 6.92 Å². The lowest BCUT2D eigenvalue weighted by atomic mass is 9.97. The number of hydrogen-bond donors (Lipinski definition) is 0. The Morgan fingerprint density at radius 3 is 2.48 bits per heavy atom. The molecule has 1 aliphatic heterocycles. The van der Waals surface area contributed by atoms with Crippen molar-refractivity contribution in [3.05, 3.63) is 79.7 Å². The monoisotopic (exact) mass is 409 g/mol. The van der Waals surface area contributed by atoms with E-state index in [0.29, 0.717) is 28.1 Å². The average molecular weight is 410 g/mol. The number of carbonyl (C=O) groups is 1. The van der Waals surface area contributed by atoms with Gasteiger partial charge >= 0.3 is 0 Å². The lowest BCUT2D eigenvalue weighted by Crippen LogP contribution is -2.30. The molecule has 0 radical (unpaired) electrons. The molecule has 1 atom stereocenters. The SMILES string of the molecule is CCCCCN1C(=O)c2oc3c(C)cc(C)cc3c(=O)c2C1c1ccc(Cl)cc1. The van der Waals surface area contributed by atoms with Crippen LogP contribution in [-0.4, -0.2) is 17.4 Å². The van der Waals surface area contributed by atoms with E-state index in [4.69, 9.17) is 16.0 Å². The van der Waals surface area contributed by atoms with E-state index in [-0.39, 0.29) is 17.1 Å². The summed E-state index contributed by atoms with van der Waals surface area (Å²) in [6.07, 6.45) is 2.96. The summed E-state index contributed by atoms with van der Waals surface area (Å²) in [6, 6.07) is 10.7. The zero-order chi connectivity index (χ0) is 20.7. The number of carbonyl (C=O) groups excluding carboxylic acids is 1. The van der Waals surface area contributed by atoms with Gasteiger partial charge in [-0.05, 0) is 55.2 Å². The molecule has 0 bridgehead atoms. The number of halogens is 1. The third-order valence-corrected chi connectivity index (χ3v) is 5.84. The Labute approximate surface area is 175 Å². The lowest BCUT2D eigenvalue weighted by molar-refractivity contribution is 0.0724. The second kappa shape index (κ2) is 7.68. The molecule has 0 aliphatic carbocycles. The van der Waals surface area contributed by atoms with E-state index in [1.165, 1.54) is 0 Å². The Kier molecular flexibility index (Phi) is 5.22. The van der Waals surface area contributed by atoms with Gasteiger partial charge in [0.1, 0.15) is 5.58 Å². The number of nitrogens with zero attached hydrogens (tertiary/aromatic N) is 1. The molecule has 150 valence electrons. The Morgan fingerprint density at radius 2 is 1.79 bits per heavy atom. The molecule has 0 saturated carbocycles. The van der Waals surface area contributed by atoms with Crippen molar-refractivity contribution >= 4 is 28.5 Å². The molecule has 5 heteroatoms. The van der Waals surface area contributed by atoms with Gasteiger partial charge in [0.05, 0.1) is 17.0 Å². The molecular formula is C24H24ClNO3. The minimum absolute atomic E-state index is 0.126. The van der Waals surface area contributed by atoms with Gasteiger partial charge in [-0.15, -0.1) is 0 Å². The first-order chi connectivity index (χ1) is 13.9. The molecule has 0 spiro atoms. The normalized spacial score (nSPS) is 15.9. The highest BCUT2D eigenvalue weighted by atomic mass is 35.5. The number of fused-ring (bicyclic) bond motifs is 2. The van der Waals surface area contributed by atoms with Crippen LogP contribution in [0.5, 0.6) is 0 Å². The standard InChI is InChI=1S/C24H24ClNO3/c1-4-5-6-11-26-20(16-7-9-17(25)10-8-16)19-21(27)18-13-14(2)12-15(3)22(18)29-23(19)24(26)28/h7-10,12-13,20H,4-6,11H2,1-3H3. The van der Waals surface area contributed by atoms with E-state index in [9.17, 15) is 9.59 Å². The average Bonchev–Trinajstić information content (AvgIpc) is 2.96. The summed E-state index contributed by atoms with van der Waals surface area (Å²) in [5.41, 5.74) is 3.53. The largest absolute Gasteiger partial charge is 0.450 e. The van der Waals surface area contributed by atoms with Gasteiger partial charge in [-0.1, -0.05) is 49.6 Å². The fourth-order valence-electron chi connectivity index (χ4n) is 4.23. The molecule has 1 amide bonds. The van der Waals surface area contributed by atoms with Crippen LogP contribution >= 0.6 is 11.6 Å².